The molecule has 4 atom stereocenters. The number of halogens is 1. The van der Waals surface area contributed by atoms with E-state index in [-0.39, 0.29) is 29.2 Å². The number of nitrogens with zero attached hydrogens (tertiary/aromatic N) is 3. The number of oxazole rings is 1. The van der Waals surface area contributed by atoms with E-state index in [1.165, 1.54) is 0 Å². The molecular formula is C21H23ClN4O2S. The predicted octanol–water partition coefficient (Wildman–Crippen LogP) is 4.57. The monoisotopic (exact) mass is 430 g/mol. The Labute approximate surface area is 178 Å². The molecule has 8 heteroatoms. The zero-order chi connectivity index (χ0) is 20.7. The molecule has 152 valence electrons. The first kappa shape index (κ1) is 20.0. The largest absolute Gasteiger partial charge is 0.441 e. The Morgan fingerprint density at radius 3 is 2.86 bits per heavy atom. The molecule has 6 nitrogen and oxygen atoms in total. The highest BCUT2D eigenvalue weighted by atomic mass is 35.5. The number of rotatable bonds is 3. The first-order valence-electron chi connectivity index (χ1n) is 9.66. The van der Waals surface area contributed by atoms with Crippen LogP contribution in [0.25, 0.3) is 6.08 Å². The number of allylic oxidation sites excluding steroid dienone is 4. The van der Waals surface area contributed by atoms with E-state index in [9.17, 15) is 4.79 Å². The molecule has 4 unspecified atom stereocenters. The fraction of sp³-hybridized carbons (Fsp3) is 0.429. The van der Waals surface area contributed by atoms with Crippen LogP contribution < -0.4 is 5.32 Å². The van der Waals surface area contributed by atoms with Crippen LogP contribution in [0.1, 0.15) is 58.9 Å². The smallest absolute Gasteiger partial charge is 0.265 e. The Balaban J connectivity index is 1.58. The van der Waals surface area contributed by atoms with Crippen molar-refractivity contribution in [3.05, 3.63) is 57.3 Å². The molecule has 0 bridgehead atoms. The van der Waals surface area contributed by atoms with Crippen LogP contribution in [0.3, 0.4) is 0 Å². The number of alkyl halides is 1. The Hall–Kier alpha value is -2.25. The van der Waals surface area contributed by atoms with E-state index >= 15 is 0 Å². The predicted molar refractivity (Wildman–Crippen MR) is 114 cm³/mol. The lowest BCUT2D eigenvalue weighted by atomic mass is 9.86. The molecular weight excluding hydrogens is 408 g/mol. The lowest BCUT2D eigenvalue weighted by Crippen LogP contribution is -2.34. The van der Waals surface area contributed by atoms with Crippen molar-refractivity contribution in [1.29, 1.82) is 0 Å². The van der Waals surface area contributed by atoms with Crippen molar-refractivity contribution in [2.75, 3.05) is 0 Å². The summed E-state index contributed by atoms with van der Waals surface area (Å²) in [6.45, 7) is 7.86. The highest BCUT2D eigenvalue weighted by molar-refractivity contribution is 7.08. The molecule has 29 heavy (non-hydrogen) atoms. The molecule has 0 saturated carbocycles. The van der Waals surface area contributed by atoms with Crippen LogP contribution in [0.2, 0.25) is 0 Å². The van der Waals surface area contributed by atoms with Gasteiger partial charge in [0.15, 0.2) is 11.7 Å². The Bertz CT molecular complexity index is 1040. The van der Waals surface area contributed by atoms with Crippen LogP contribution in [0.5, 0.6) is 0 Å². The number of hydrogen-bond acceptors (Lipinski definition) is 6. The van der Waals surface area contributed by atoms with Crippen molar-refractivity contribution in [3.8, 4) is 0 Å². The standard InChI is InChI=1S/C21H23ClN4O2S/c1-10-7-14(16-9-17-19(11(2)18(16)22)23-13(4)28-17)5-6-15(8-10)24-21(27)20-12(3)25-26-29-20/h5-7,9-11,15,18H,8H2,1-4H3,(H,24,27). The summed E-state index contributed by atoms with van der Waals surface area (Å²) in [4.78, 5) is 17.6. The molecule has 0 aromatic carbocycles. The molecule has 2 aliphatic carbocycles. The molecule has 1 amide bonds. The molecule has 0 saturated heterocycles. The first-order valence-corrected chi connectivity index (χ1v) is 10.9. The van der Waals surface area contributed by atoms with Crippen LogP contribution in [0.4, 0.5) is 0 Å². The van der Waals surface area contributed by atoms with Gasteiger partial charge >= 0.3 is 0 Å². The normalized spacial score (nSPS) is 26.4. The molecule has 0 aliphatic heterocycles. The summed E-state index contributed by atoms with van der Waals surface area (Å²) >= 11 is 7.92. The van der Waals surface area contributed by atoms with Gasteiger partial charge in [-0.2, -0.15) is 0 Å². The summed E-state index contributed by atoms with van der Waals surface area (Å²) in [5.74, 6) is 1.63. The van der Waals surface area contributed by atoms with Gasteiger partial charge in [-0.1, -0.05) is 36.6 Å². The Morgan fingerprint density at radius 2 is 2.14 bits per heavy atom. The first-order chi connectivity index (χ1) is 13.8. The van der Waals surface area contributed by atoms with Gasteiger partial charge in [0.1, 0.15) is 4.88 Å². The van der Waals surface area contributed by atoms with Crippen molar-refractivity contribution >= 4 is 35.1 Å². The molecule has 1 N–H and O–H groups in total. The van der Waals surface area contributed by atoms with Crippen molar-refractivity contribution in [2.24, 2.45) is 5.92 Å². The summed E-state index contributed by atoms with van der Waals surface area (Å²) in [6, 6.07) is -0.0776. The quantitative estimate of drug-likeness (QED) is 0.721. The van der Waals surface area contributed by atoms with E-state index in [4.69, 9.17) is 16.0 Å². The van der Waals surface area contributed by atoms with Gasteiger partial charge in [-0.3, -0.25) is 4.79 Å². The summed E-state index contributed by atoms with van der Waals surface area (Å²) in [5.41, 5.74) is 3.66. The lowest BCUT2D eigenvalue weighted by molar-refractivity contribution is 0.0945. The van der Waals surface area contributed by atoms with E-state index in [1.54, 1.807) is 6.92 Å². The third-order valence-corrected chi connectivity index (χ3v) is 6.79. The maximum absolute atomic E-state index is 12.5. The van der Waals surface area contributed by atoms with Gasteiger partial charge in [-0.25, -0.2) is 4.98 Å². The van der Waals surface area contributed by atoms with E-state index in [2.05, 4.69) is 39.8 Å². The van der Waals surface area contributed by atoms with E-state index in [0.717, 1.165) is 40.6 Å². The summed E-state index contributed by atoms with van der Waals surface area (Å²) in [6.07, 6.45) is 9.10. The van der Waals surface area contributed by atoms with Gasteiger partial charge in [0.25, 0.3) is 5.91 Å². The second-order valence-electron chi connectivity index (χ2n) is 7.73. The second-order valence-corrected chi connectivity index (χ2v) is 8.96. The number of fused-ring (bicyclic) bond motifs is 1. The van der Waals surface area contributed by atoms with Gasteiger partial charge in [0, 0.05) is 18.9 Å². The highest BCUT2D eigenvalue weighted by Gasteiger charge is 2.32. The number of nitrogens with one attached hydrogen (secondary N) is 1. The Kier molecular flexibility index (Phi) is 5.44. The molecule has 2 aromatic rings. The molecule has 2 heterocycles. The topological polar surface area (TPSA) is 80.9 Å². The summed E-state index contributed by atoms with van der Waals surface area (Å²) in [7, 11) is 0. The number of hydrogen-bond donors (Lipinski definition) is 1. The third kappa shape index (κ3) is 3.94. The highest BCUT2D eigenvalue weighted by Crippen LogP contribution is 2.41. The molecule has 0 radical (unpaired) electrons. The number of carbonyl (C=O) groups is 1. The maximum atomic E-state index is 12.5. The van der Waals surface area contributed by atoms with Gasteiger partial charge in [0.05, 0.1) is 16.8 Å². The van der Waals surface area contributed by atoms with E-state index in [0.29, 0.717) is 16.5 Å². The minimum Gasteiger partial charge on any atom is -0.441 e. The SMILES string of the molecule is Cc1nc2c(o1)C=C(C1=CC(C)CC(NC(=O)c3snnc3C)C=C1)C(Cl)C2C. The average Bonchev–Trinajstić information content (AvgIpc) is 3.21. The number of carbonyl (C=O) groups excluding carboxylic acids is 1. The van der Waals surface area contributed by atoms with Crippen LogP contribution in [0.15, 0.2) is 33.8 Å². The van der Waals surface area contributed by atoms with E-state index in [1.807, 2.05) is 25.2 Å². The lowest BCUT2D eigenvalue weighted by Gasteiger charge is -2.25. The fourth-order valence-electron chi connectivity index (χ4n) is 3.86. The average molecular weight is 431 g/mol. The van der Waals surface area contributed by atoms with Gasteiger partial charge in [-0.15, -0.1) is 16.7 Å². The van der Waals surface area contributed by atoms with Crippen LogP contribution >= 0.6 is 23.1 Å². The van der Waals surface area contributed by atoms with Crippen LogP contribution in [0, 0.1) is 19.8 Å². The number of aromatic nitrogens is 3. The van der Waals surface area contributed by atoms with Crippen molar-refractivity contribution in [2.45, 2.75) is 51.5 Å². The van der Waals surface area contributed by atoms with Gasteiger partial charge < -0.3 is 9.73 Å². The van der Waals surface area contributed by atoms with Crippen molar-refractivity contribution in [3.63, 3.8) is 0 Å². The summed E-state index contributed by atoms with van der Waals surface area (Å²) in [5, 5.41) is 6.81. The van der Waals surface area contributed by atoms with Crippen molar-refractivity contribution < 1.29 is 9.21 Å². The summed E-state index contributed by atoms with van der Waals surface area (Å²) < 4.78 is 9.61. The number of amides is 1. The fourth-order valence-corrected chi connectivity index (χ4v) is 4.73. The minimum absolute atomic E-state index is 0.0641. The maximum Gasteiger partial charge on any atom is 0.265 e. The zero-order valence-corrected chi connectivity index (χ0v) is 18.3. The minimum atomic E-state index is -0.188. The Morgan fingerprint density at radius 1 is 1.34 bits per heavy atom. The number of aryl methyl sites for hydroxylation is 2. The molecule has 2 aliphatic rings. The van der Waals surface area contributed by atoms with Crippen LogP contribution in [-0.4, -0.2) is 31.9 Å². The molecule has 4 rings (SSSR count). The van der Waals surface area contributed by atoms with Crippen LogP contribution in [-0.2, 0) is 0 Å². The third-order valence-electron chi connectivity index (χ3n) is 5.35. The molecule has 2 aromatic heterocycles. The van der Waals surface area contributed by atoms with Gasteiger partial charge in [-0.05, 0) is 48.0 Å². The zero-order valence-electron chi connectivity index (χ0n) is 16.8. The molecule has 0 fully saturated rings. The molecule has 0 spiro atoms. The second kappa shape index (κ2) is 7.88. The van der Waals surface area contributed by atoms with E-state index < -0.39 is 0 Å². The van der Waals surface area contributed by atoms with Crippen molar-refractivity contribution in [1.82, 2.24) is 19.9 Å². The van der Waals surface area contributed by atoms with Gasteiger partial charge in [0.2, 0.25) is 0 Å².